The van der Waals surface area contributed by atoms with Crippen LogP contribution in [-0.2, 0) is 0 Å². The topological polar surface area (TPSA) is 66.6 Å². The van der Waals surface area contributed by atoms with Crippen molar-refractivity contribution >= 4 is 5.69 Å². The first-order chi connectivity index (χ1) is 11.5. The van der Waals surface area contributed by atoms with Crippen molar-refractivity contribution in [1.29, 1.82) is 0 Å². The molecule has 0 aliphatic carbocycles. The van der Waals surface area contributed by atoms with Crippen LogP contribution in [-0.4, -0.2) is 28.0 Å². The van der Waals surface area contributed by atoms with Crippen molar-refractivity contribution in [2.24, 2.45) is 0 Å². The number of benzene rings is 2. The van der Waals surface area contributed by atoms with E-state index in [0.29, 0.717) is 12.1 Å². The first-order valence-electron chi connectivity index (χ1n) is 7.96. The second kappa shape index (κ2) is 7.07. The molecule has 1 N–H and O–H groups in total. The van der Waals surface area contributed by atoms with E-state index < -0.39 is 11.0 Å². The standard InChI is InChI=1S/C18H19FN2O3/c19-15-8-6-13(7-9-15)17-5-2-10-20(17)12-18(22)14-3-1-4-16(11-14)21(23)24/h1,3-4,6-9,11,17-18,22H,2,5,10,12H2. The second-order valence-corrected chi connectivity index (χ2v) is 6.07. The van der Waals surface area contributed by atoms with Gasteiger partial charge >= 0.3 is 0 Å². The normalized spacial score (nSPS) is 19.3. The van der Waals surface area contributed by atoms with Gasteiger partial charge in [-0.2, -0.15) is 0 Å². The van der Waals surface area contributed by atoms with Crippen LogP contribution < -0.4 is 0 Å². The fraction of sp³-hybridized carbons (Fsp3) is 0.333. The summed E-state index contributed by atoms with van der Waals surface area (Å²) in [4.78, 5) is 12.6. The van der Waals surface area contributed by atoms with Gasteiger partial charge in [-0.25, -0.2) is 4.39 Å². The number of halogens is 1. The molecule has 2 aromatic carbocycles. The van der Waals surface area contributed by atoms with Crippen LogP contribution in [0.2, 0.25) is 0 Å². The zero-order chi connectivity index (χ0) is 17.1. The van der Waals surface area contributed by atoms with Gasteiger partial charge in [0.2, 0.25) is 0 Å². The van der Waals surface area contributed by atoms with Crippen molar-refractivity contribution in [2.75, 3.05) is 13.1 Å². The molecule has 0 aromatic heterocycles. The molecule has 0 amide bonds. The van der Waals surface area contributed by atoms with Crippen LogP contribution >= 0.6 is 0 Å². The highest BCUT2D eigenvalue weighted by atomic mass is 19.1. The van der Waals surface area contributed by atoms with E-state index >= 15 is 0 Å². The van der Waals surface area contributed by atoms with E-state index in [9.17, 15) is 19.6 Å². The Labute approximate surface area is 139 Å². The fourth-order valence-electron chi connectivity index (χ4n) is 3.28. The van der Waals surface area contributed by atoms with Gasteiger partial charge in [-0.15, -0.1) is 0 Å². The molecular weight excluding hydrogens is 311 g/mol. The molecule has 0 spiro atoms. The Bertz CT molecular complexity index is 720. The van der Waals surface area contributed by atoms with Crippen LogP contribution in [0.1, 0.15) is 36.1 Å². The summed E-state index contributed by atoms with van der Waals surface area (Å²) in [5, 5.41) is 21.3. The number of rotatable bonds is 5. The maximum absolute atomic E-state index is 13.1. The van der Waals surface area contributed by atoms with E-state index in [1.165, 1.54) is 24.3 Å². The summed E-state index contributed by atoms with van der Waals surface area (Å²) in [5.41, 5.74) is 1.54. The highest BCUT2D eigenvalue weighted by Crippen LogP contribution is 2.33. The van der Waals surface area contributed by atoms with Gasteiger partial charge in [-0.3, -0.25) is 15.0 Å². The van der Waals surface area contributed by atoms with Crippen molar-refractivity contribution in [2.45, 2.75) is 25.0 Å². The molecule has 1 saturated heterocycles. The molecule has 24 heavy (non-hydrogen) atoms. The Morgan fingerprint density at radius 1 is 1.29 bits per heavy atom. The quantitative estimate of drug-likeness (QED) is 0.672. The zero-order valence-electron chi connectivity index (χ0n) is 13.1. The predicted octanol–water partition coefficient (Wildman–Crippen LogP) is 3.60. The third-order valence-electron chi connectivity index (χ3n) is 4.49. The molecule has 3 rings (SSSR count). The number of likely N-dealkylation sites (tertiary alicyclic amines) is 1. The summed E-state index contributed by atoms with van der Waals surface area (Å²) in [6, 6.07) is 12.7. The van der Waals surface area contributed by atoms with E-state index in [4.69, 9.17) is 0 Å². The molecule has 0 radical (unpaired) electrons. The van der Waals surface area contributed by atoms with Crippen molar-refractivity contribution < 1.29 is 14.4 Å². The molecular formula is C18H19FN2O3. The second-order valence-electron chi connectivity index (χ2n) is 6.07. The molecule has 126 valence electrons. The number of hydrogen-bond donors (Lipinski definition) is 1. The Morgan fingerprint density at radius 3 is 2.75 bits per heavy atom. The number of hydrogen-bond acceptors (Lipinski definition) is 4. The monoisotopic (exact) mass is 330 g/mol. The zero-order valence-corrected chi connectivity index (χ0v) is 13.1. The average Bonchev–Trinajstić information content (AvgIpc) is 3.03. The molecule has 1 fully saturated rings. The van der Waals surface area contributed by atoms with Crippen molar-refractivity contribution in [3.05, 3.63) is 75.6 Å². The SMILES string of the molecule is O=[N+]([O-])c1cccc(C(O)CN2CCCC2c2ccc(F)cc2)c1. The lowest BCUT2D eigenvalue weighted by molar-refractivity contribution is -0.385. The molecule has 2 unspecified atom stereocenters. The molecule has 2 aromatic rings. The molecule has 1 aliphatic heterocycles. The minimum atomic E-state index is -0.800. The maximum atomic E-state index is 13.1. The van der Waals surface area contributed by atoms with E-state index in [2.05, 4.69) is 4.90 Å². The Balaban J connectivity index is 1.73. The number of nitro groups is 1. The van der Waals surface area contributed by atoms with Crippen LogP contribution in [0, 0.1) is 15.9 Å². The van der Waals surface area contributed by atoms with Gasteiger partial charge in [0, 0.05) is 24.7 Å². The van der Waals surface area contributed by atoms with Crippen LogP contribution in [0.3, 0.4) is 0 Å². The van der Waals surface area contributed by atoms with E-state index in [-0.39, 0.29) is 17.5 Å². The first kappa shape index (κ1) is 16.5. The summed E-state index contributed by atoms with van der Waals surface area (Å²) in [7, 11) is 0. The fourth-order valence-corrected chi connectivity index (χ4v) is 3.28. The molecule has 2 atom stereocenters. The third kappa shape index (κ3) is 3.60. The summed E-state index contributed by atoms with van der Waals surface area (Å²) < 4.78 is 13.1. The minimum Gasteiger partial charge on any atom is -0.387 e. The summed E-state index contributed by atoms with van der Waals surface area (Å²) in [6.45, 7) is 1.23. The highest BCUT2D eigenvalue weighted by Gasteiger charge is 2.28. The van der Waals surface area contributed by atoms with Gasteiger partial charge in [-0.05, 0) is 42.6 Å². The van der Waals surface area contributed by atoms with Crippen LogP contribution in [0.4, 0.5) is 10.1 Å². The smallest absolute Gasteiger partial charge is 0.269 e. The summed E-state index contributed by atoms with van der Waals surface area (Å²) in [5.74, 6) is -0.264. The van der Waals surface area contributed by atoms with Crippen LogP contribution in [0.15, 0.2) is 48.5 Å². The van der Waals surface area contributed by atoms with Gasteiger partial charge in [0.25, 0.3) is 5.69 Å². The molecule has 5 nitrogen and oxygen atoms in total. The van der Waals surface area contributed by atoms with E-state index in [1.807, 2.05) is 0 Å². The minimum absolute atomic E-state index is 0.0249. The number of nitrogens with zero attached hydrogens (tertiary/aromatic N) is 2. The lowest BCUT2D eigenvalue weighted by Crippen LogP contribution is -2.28. The molecule has 1 heterocycles. The Morgan fingerprint density at radius 2 is 2.04 bits per heavy atom. The third-order valence-corrected chi connectivity index (χ3v) is 4.49. The van der Waals surface area contributed by atoms with Crippen LogP contribution in [0.25, 0.3) is 0 Å². The van der Waals surface area contributed by atoms with Crippen molar-refractivity contribution in [3.8, 4) is 0 Å². The van der Waals surface area contributed by atoms with Gasteiger partial charge in [0.1, 0.15) is 5.82 Å². The maximum Gasteiger partial charge on any atom is 0.269 e. The van der Waals surface area contributed by atoms with Gasteiger partial charge in [0.15, 0.2) is 0 Å². The van der Waals surface area contributed by atoms with Crippen molar-refractivity contribution in [3.63, 3.8) is 0 Å². The first-order valence-corrected chi connectivity index (χ1v) is 7.96. The number of aliphatic hydroxyl groups excluding tert-OH is 1. The van der Waals surface area contributed by atoms with Gasteiger partial charge in [0.05, 0.1) is 11.0 Å². The Hall–Kier alpha value is -2.31. The number of non-ortho nitro benzene ring substituents is 1. The Kier molecular flexibility index (Phi) is 4.87. The highest BCUT2D eigenvalue weighted by molar-refractivity contribution is 5.35. The number of β-amino-alcohol motifs (C(OH)–C–C–N with tert-alkyl or cyclic N) is 1. The van der Waals surface area contributed by atoms with Crippen LogP contribution in [0.5, 0.6) is 0 Å². The summed E-state index contributed by atoms with van der Waals surface area (Å²) >= 11 is 0. The molecule has 6 heteroatoms. The van der Waals surface area contributed by atoms with Gasteiger partial charge in [-0.1, -0.05) is 24.3 Å². The van der Waals surface area contributed by atoms with Gasteiger partial charge < -0.3 is 5.11 Å². The molecule has 0 bridgehead atoms. The molecule has 0 saturated carbocycles. The number of aliphatic hydroxyl groups is 1. The lowest BCUT2D eigenvalue weighted by Gasteiger charge is -2.27. The number of nitro benzene ring substituents is 1. The van der Waals surface area contributed by atoms with E-state index in [1.54, 1.807) is 24.3 Å². The largest absolute Gasteiger partial charge is 0.387 e. The average molecular weight is 330 g/mol. The molecule has 1 aliphatic rings. The predicted molar refractivity (Wildman–Crippen MR) is 88.0 cm³/mol. The lowest BCUT2D eigenvalue weighted by atomic mass is 10.0. The summed E-state index contributed by atoms with van der Waals surface area (Å²) in [6.07, 6.45) is 1.16. The van der Waals surface area contributed by atoms with E-state index in [0.717, 1.165) is 24.9 Å². The van der Waals surface area contributed by atoms with Crippen molar-refractivity contribution in [1.82, 2.24) is 4.90 Å².